The maximum atomic E-state index is 5.04. The quantitative estimate of drug-likeness (QED) is 0.456. The van der Waals surface area contributed by atoms with Crippen LogP contribution in [0.15, 0.2) is 42.6 Å². The zero-order chi connectivity index (χ0) is 10.3. The average molecular weight is 212 g/mol. The summed E-state index contributed by atoms with van der Waals surface area (Å²) in [5.41, 5.74) is 1.06. The Morgan fingerprint density at radius 2 is 1.80 bits per heavy atom. The number of nitrogens with one attached hydrogen (secondary N) is 1. The molecule has 1 heterocycles. The normalized spacial score (nSPS) is 10.9. The topological polar surface area (TPSA) is 28.7 Å². The van der Waals surface area contributed by atoms with Gasteiger partial charge in [-0.1, -0.05) is 36.4 Å². The first-order chi connectivity index (χ1) is 7.34. The summed E-state index contributed by atoms with van der Waals surface area (Å²) in [7, 11) is 0. The van der Waals surface area contributed by atoms with Gasteiger partial charge in [0, 0.05) is 17.0 Å². The fraction of sp³-hybridized carbons (Fsp3) is 0. The van der Waals surface area contributed by atoms with Gasteiger partial charge in [-0.25, -0.2) is 4.98 Å². The highest BCUT2D eigenvalue weighted by molar-refractivity contribution is 7.71. The average Bonchev–Trinajstić information content (AvgIpc) is 2.29. The van der Waals surface area contributed by atoms with Crippen molar-refractivity contribution in [2.24, 2.45) is 0 Å². The van der Waals surface area contributed by atoms with E-state index in [1.807, 2.05) is 12.1 Å². The van der Waals surface area contributed by atoms with Crippen LogP contribution >= 0.6 is 12.2 Å². The Balaban J connectivity index is 2.63. The molecular formula is C12H8N2S. The van der Waals surface area contributed by atoms with E-state index in [0.29, 0.717) is 4.77 Å². The third kappa shape index (κ3) is 1.32. The minimum atomic E-state index is 0.527. The number of hydrogen-bond acceptors (Lipinski definition) is 2. The highest BCUT2D eigenvalue weighted by Crippen LogP contribution is 2.22. The van der Waals surface area contributed by atoms with Gasteiger partial charge in [-0.2, -0.15) is 0 Å². The summed E-state index contributed by atoms with van der Waals surface area (Å²) in [4.78, 5) is 7.21. The van der Waals surface area contributed by atoms with Crippen LogP contribution in [-0.2, 0) is 0 Å². The summed E-state index contributed by atoms with van der Waals surface area (Å²) in [6, 6.07) is 12.4. The second-order valence-corrected chi connectivity index (χ2v) is 3.83. The standard InChI is InChI=1S/C12H8N2S/c15-12-13-7-9-6-5-8-3-1-2-4-10(8)11(9)14-12/h1-7H,(H,13,14,15). The van der Waals surface area contributed by atoms with Crippen LogP contribution in [-0.4, -0.2) is 9.97 Å². The van der Waals surface area contributed by atoms with E-state index in [1.54, 1.807) is 6.20 Å². The van der Waals surface area contributed by atoms with Gasteiger partial charge in [0.15, 0.2) is 4.77 Å². The van der Waals surface area contributed by atoms with Crippen molar-refractivity contribution in [2.45, 2.75) is 0 Å². The third-order valence-electron chi connectivity index (χ3n) is 2.51. The molecule has 3 rings (SSSR count). The molecule has 0 radical (unpaired) electrons. The molecule has 2 nitrogen and oxygen atoms in total. The Morgan fingerprint density at radius 1 is 1.00 bits per heavy atom. The lowest BCUT2D eigenvalue weighted by Gasteiger charge is -2.02. The number of hydrogen-bond donors (Lipinski definition) is 1. The van der Waals surface area contributed by atoms with Gasteiger partial charge < -0.3 is 4.98 Å². The Hall–Kier alpha value is -1.74. The van der Waals surface area contributed by atoms with E-state index in [2.05, 4.69) is 34.2 Å². The number of aromatic amines is 1. The largest absolute Gasteiger partial charge is 0.330 e. The monoisotopic (exact) mass is 212 g/mol. The van der Waals surface area contributed by atoms with Gasteiger partial charge in [0.25, 0.3) is 0 Å². The van der Waals surface area contributed by atoms with E-state index in [4.69, 9.17) is 12.2 Å². The summed E-state index contributed by atoms with van der Waals surface area (Å²) >= 11 is 5.04. The second kappa shape index (κ2) is 3.14. The van der Waals surface area contributed by atoms with Crippen molar-refractivity contribution in [3.05, 3.63) is 47.4 Å². The first-order valence-corrected chi connectivity index (χ1v) is 5.12. The summed E-state index contributed by atoms with van der Waals surface area (Å²) in [6.45, 7) is 0. The molecule has 1 aromatic heterocycles. The molecular weight excluding hydrogens is 204 g/mol. The molecule has 0 fully saturated rings. The zero-order valence-electron chi connectivity index (χ0n) is 7.90. The van der Waals surface area contributed by atoms with Crippen molar-refractivity contribution >= 4 is 33.9 Å². The third-order valence-corrected chi connectivity index (χ3v) is 2.72. The minimum absolute atomic E-state index is 0.527. The number of rotatable bonds is 0. The second-order valence-electron chi connectivity index (χ2n) is 3.44. The van der Waals surface area contributed by atoms with Gasteiger partial charge in [-0.05, 0) is 17.6 Å². The molecule has 0 bridgehead atoms. The highest BCUT2D eigenvalue weighted by atomic mass is 32.1. The van der Waals surface area contributed by atoms with Crippen LogP contribution in [0.4, 0.5) is 0 Å². The first kappa shape index (κ1) is 8.56. The van der Waals surface area contributed by atoms with Crippen LogP contribution in [0.1, 0.15) is 0 Å². The van der Waals surface area contributed by atoms with Crippen LogP contribution in [0.25, 0.3) is 21.7 Å². The molecule has 0 unspecified atom stereocenters. The van der Waals surface area contributed by atoms with E-state index >= 15 is 0 Å². The number of nitrogens with zero attached hydrogens (tertiary/aromatic N) is 1. The lowest BCUT2D eigenvalue weighted by atomic mass is 10.1. The molecule has 0 aliphatic carbocycles. The van der Waals surface area contributed by atoms with E-state index in [-0.39, 0.29) is 0 Å². The molecule has 0 aliphatic rings. The molecule has 0 atom stereocenters. The molecule has 3 heteroatoms. The SMILES string of the molecule is S=c1ncc2ccc3ccccc3c2[nH]1. The smallest absolute Gasteiger partial charge is 0.197 e. The summed E-state index contributed by atoms with van der Waals surface area (Å²) in [5.74, 6) is 0. The number of fused-ring (bicyclic) bond motifs is 3. The number of benzene rings is 2. The molecule has 2 aromatic carbocycles. The zero-order valence-corrected chi connectivity index (χ0v) is 8.71. The molecule has 1 N–H and O–H groups in total. The van der Waals surface area contributed by atoms with Crippen LogP contribution in [0, 0.1) is 4.77 Å². The van der Waals surface area contributed by atoms with Gasteiger partial charge in [-0.15, -0.1) is 0 Å². The van der Waals surface area contributed by atoms with Crippen molar-refractivity contribution in [3.63, 3.8) is 0 Å². The Labute approximate surface area is 91.6 Å². The summed E-state index contributed by atoms with van der Waals surface area (Å²) in [5, 5.41) is 3.48. The number of H-pyrrole nitrogens is 1. The number of aromatic nitrogens is 2. The Kier molecular flexibility index (Phi) is 1.79. The maximum absolute atomic E-state index is 5.04. The highest BCUT2D eigenvalue weighted by Gasteiger charge is 1.99. The van der Waals surface area contributed by atoms with E-state index in [9.17, 15) is 0 Å². The summed E-state index contributed by atoms with van der Waals surface area (Å²) in [6.07, 6.45) is 1.81. The van der Waals surface area contributed by atoms with Crippen molar-refractivity contribution in [2.75, 3.05) is 0 Å². The molecule has 72 valence electrons. The fourth-order valence-electron chi connectivity index (χ4n) is 1.80. The molecule has 15 heavy (non-hydrogen) atoms. The van der Waals surface area contributed by atoms with E-state index < -0.39 is 0 Å². The van der Waals surface area contributed by atoms with Crippen LogP contribution in [0.2, 0.25) is 0 Å². The fourth-order valence-corrected chi connectivity index (χ4v) is 1.96. The molecule has 0 amide bonds. The molecule has 0 spiro atoms. The minimum Gasteiger partial charge on any atom is -0.330 e. The van der Waals surface area contributed by atoms with Gasteiger partial charge in [0.2, 0.25) is 0 Å². The van der Waals surface area contributed by atoms with Crippen LogP contribution < -0.4 is 0 Å². The lowest BCUT2D eigenvalue weighted by molar-refractivity contribution is 1.19. The van der Waals surface area contributed by atoms with Crippen molar-refractivity contribution in [1.82, 2.24) is 9.97 Å². The summed E-state index contributed by atoms with van der Waals surface area (Å²) < 4.78 is 0.527. The lowest BCUT2D eigenvalue weighted by Crippen LogP contribution is -1.84. The predicted octanol–water partition coefficient (Wildman–Crippen LogP) is 3.45. The first-order valence-electron chi connectivity index (χ1n) is 4.71. The van der Waals surface area contributed by atoms with E-state index in [0.717, 1.165) is 10.9 Å². The van der Waals surface area contributed by atoms with Crippen molar-refractivity contribution < 1.29 is 0 Å². The molecule has 3 aromatic rings. The molecule has 0 aliphatic heterocycles. The van der Waals surface area contributed by atoms with Crippen LogP contribution in [0.3, 0.4) is 0 Å². The maximum Gasteiger partial charge on any atom is 0.197 e. The van der Waals surface area contributed by atoms with Crippen molar-refractivity contribution in [3.8, 4) is 0 Å². The van der Waals surface area contributed by atoms with E-state index in [1.165, 1.54) is 10.8 Å². The molecule has 0 saturated carbocycles. The van der Waals surface area contributed by atoms with Gasteiger partial charge >= 0.3 is 0 Å². The molecule has 0 saturated heterocycles. The van der Waals surface area contributed by atoms with Gasteiger partial charge in [0.05, 0.1) is 5.52 Å². The van der Waals surface area contributed by atoms with Gasteiger partial charge in [-0.3, -0.25) is 0 Å². The predicted molar refractivity (Wildman–Crippen MR) is 64.4 cm³/mol. The van der Waals surface area contributed by atoms with Crippen LogP contribution in [0.5, 0.6) is 0 Å². The Bertz CT molecular complexity index is 700. The van der Waals surface area contributed by atoms with Crippen molar-refractivity contribution in [1.29, 1.82) is 0 Å². The van der Waals surface area contributed by atoms with Gasteiger partial charge in [0.1, 0.15) is 0 Å². The Morgan fingerprint density at radius 3 is 2.73 bits per heavy atom.